The van der Waals surface area contributed by atoms with Gasteiger partial charge in [0.15, 0.2) is 0 Å². The average Bonchev–Trinajstić information content (AvgIpc) is 2.49. The SMILES string of the molecule is CCC(C)C(=O)OCCOCCOC(C)=C(CC(F)(F)F)CC(F)(F)F. The second-order valence-corrected chi connectivity index (χ2v) is 5.68. The van der Waals surface area contributed by atoms with E-state index in [1.807, 2.05) is 6.92 Å². The molecular formula is C16H24F6O4. The Kier molecular flexibility index (Phi) is 10.7. The molecule has 0 aliphatic rings. The van der Waals surface area contributed by atoms with Crippen LogP contribution in [0.4, 0.5) is 26.3 Å². The first-order chi connectivity index (χ1) is 11.9. The number of carbonyl (C=O) groups is 1. The summed E-state index contributed by atoms with van der Waals surface area (Å²) in [6, 6.07) is 0. The van der Waals surface area contributed by atoms with Gasteiger partial charge in [-0.25, -0.2) is 0 Å². The molecule has 0 N–H and O–H groups in total. The standard InChI is InChI=1S/C16H24F6O4/c1-4-11(2)14(23)26-8-6-24-5-7-25-12(3)13(9-15(17,18)19)10-16(20,21)22/h11H,4-10H2,1-3H3. The molecule has 0 aliphatic carbocycles. The Bertz CT molecular complexity index is 439. The van der Waals surface area contributed by atoms with Crippen LogP contribution in [0.15, 0.2) is 11.3 Å². The third kappa shape index (κ3) is 12.8. The summed E-state index contributed by atoms with van der Waals surface area (Å²) >= 11 is 0. The maximum absolute atomic E-state index is 12.4. The van der Waals surface area contributed by atoms with E-state index in [1.54, 1.807) is 6.92 Å². The molecule has 0 spiro atoms. The maximum atomic E-state index is 12.4. The van der Waals surface area contributed by atoms with Gasteiger partial charge in [-0.1, -0.05) is 13.8 Å². The molecule has 0 rings (SSSR count). The zero-order chi connectivity index (χ0) is 20.4. The Hall–Kier alpha value is -1.45. The molecule has 0 fully saturated rings. The number of esters is 1. The van der Waals surface area contributed by atoms with Crippen molar-refractivity contribution in [1.82, 2.24) is 0 Å². The van der Waals surface area contributed by atoms with Gasteiger partial charge < -0.3 is 14.2 Å². The zero-order valence-corrected chi connectivity index (χ0v) is 14.9. The van der Waals surface area contributed by atoms with E-state index in [0.717, 1.165) is 6.92 Å². The number of carbonyl (C=O) groups excluding carboxylic acids is 1. The summed E-state index contributed by atoms with van der Waals surface area (Å²) < 4.78 is 89.3. The third-order valence-corrected chi connectivity index (χ3v) is 3.36. The van der Waals surface area contributed by atoms with E-state index < -0.39 is 36.5 Å². The Morgan fingerprint density at radius 1 is 0.885 bits per heavy atom. The predicted molar refractivity (Wildman–Crippen MR) is 81.2 cm³/mol. The lowest BCUT2D eigenvalue weighted by Gasteiger charge is -2.17. The van der Waals surface area contributed by atoms with Gasteiger partial charge in [0.1, 0.15) is 13.2 Å². The first kappa shape index (κ1) is 24.6. The minimum Gasteiger partial charge on any atom is -0.496 e. The maximum Gasteiger partial charge on any atom is 0.392 e. The minimum absolute atomic E-state index is 0.00535. The Labute approximate surface area is 148 Å². The fourth-order valence-electron chi connectivity index (χ4n) is 1.76. The fourth-order valence-corrected chi connectivity index (χ4v) is 1.76. The topological polar surface area (TPSA) is 44.8 Å². The highest BCUT2D eigenvalue weighted by Crippen LogP contribution is 2.34. The van der Waals surface area contributed by atoms with E-state index in [9.17, 15) is 31.1 Å². The number of halogens is 6. The number of rotatable bonds is 11. The van der Waals surface area contributed by atoms with E-state index in [-0.39, 0.29) is 38.3 Å². The largest absolute Gasteiger partial charge is 0.496 e. The number of ether oxygens (including phenoxy) is 3. The molecule has 154 valence electrons. The van der Waals surface area contributed by atoms with Crippen LogP contribution in [0.3, 0.4) is 0 Å². The quantitative estimate of drug-likeness (QED) is 0.219. The fraction of sp³-hybridized carbons (Fsp3) is 0.812. The average molecular weight is 394 g/mol. The van der Waals surface area contributed by atoms with Crippen molar-refractivity contribution < 1.29 is 45.3 Å². The number of alkyl halides is 6. The molecule has 1 unspecified atom stereocenters. The van der Waals surface area contributed by atoms with Crippen LogP contribution in [0.5, 0.6) is 0 Å². The number of hydrogen-bond acceptors (Lipinski definition) is 4. The van der Waals surface area contributed by atoms with Crippen molar-refractivity contribution in [1.29, 1.82) is 0 Å². The van der Waals surface area contributed by atoms with E-state index in [4.69, 9.17) is 14.2 Å². The highest BCUT2D eigenvalue weighted by atomic mass is 19.4. The molecule has 0 saturated carbocycles. The van der Waals surface area contributed by atoms with Gasteiger partial charge in [0, 0.05) is 0 Å². The monoisotopic (exact) mass is 394 g/mol. The third-order valence-electron chi connectivity index (χ3n) is 3.36. The van der Waals surface area contributed by atoms with E-state index >= 15 is 0 Å². The van der Waals surface area contributed by atoms with Crippen molar-refractivity contribution in [3.63, 3.8) is 0 Å². The number of allylic oxidation sites excluding steroid dienone is 2. The van der Waals surface area contributed by atoms with Crippen molar-refractivity contribution in [3.05, 3.63) is 11.3 Å². The molecule has 0 bridgehead atoms. The van der Waals surface area contributed by atoms with Gasteiger partial charge in [-0.05, 0) is 18.9 Å². The van der Waals surface area contributed by atoms with Crippen LogP contribution in [0.1, 0.15) is 40.0 Å². The normalized spacial score (nSPS) is 13.3. The zero-order valence-electron chi connectivity index (χ0n) is 14.9. The van der Waals surface area contributed by atoms with Crippen molar-refractivity contribution in [2.75, 3.05) is 26.4 Å². The van der Waals surface area contributed by atoms with Crippen molar-refractivity contribution in [2.45, 2.75) is 52.4 Å². The summed E-state index contributed by atoms with van der Waals surface area (Å²) in [5.74, 6) is -1.02. The first-order valence-corrected chi connectivity index (χ1v) is 8.05. The second kappa shape index (κ2) is 11.3. The summed E-state index contributed by atoms with van der Waals surface area (Å²) in [6.07, 6.45) is -12.3. The summed E-state index contributed by atoms with van der Waals surface area (Å²) in [6.45, 7) is 4.37. The van der Waals surface area contributed by atoms with Gasteiger partial charge in [0.05, 0.1) is 37.7 Å². The molecule has 0 radical (unpaired) electrons. The van der Waals surface area contributed by atoms with Crippen molar-refractivity contribution in [2.24, 2.45) is 5.92 Å². The highest BCUT2D eigenvalue weighted by Gasteiger charge is 2.36. The Balaban J connectivity index is 4.26. The molecule has 26 heavy (non-hydrogen) atoms. The van der Waals surface area contributed by atoms with Gasteiger partial charge >= 0.3 is 18.3 Å². The molecule has 0 aromatic rings. The summed E-state index contributed by atoms with van der Waals surface area (Å²) in [5.41, 5.74) is -0.868. The van der Waals surface area contributed by atoms with Gasteiger partial charge in [-0.2, -0.15) is 26.3 Å². The molecule has 4 nitrogen and oxygen atoms in total. The lowest BCUT2D eigenvalue weighted by molar-refractivity contribution is -0.150. The molecule has 0 heterocycles. The van der Waals surface area contributed by atoms with Gasteiger partial charge in [-0.15, -0.1) is 0 Å². The van der Waals surface area contributed by atoms with Crippen molar-refractivity contribution >= 4 is 5.97 Å². The van der Waals surface area contributed by atoms with Crippen LogP contribution in [0.25, 0.3) is 0 Å². The van der Waals surface area contributed by atoms with E-state index in [0.29, 0.717) is 6.42 Å². The first-order valence-electron chi connectivity index (χ1n) is 8.05. The summed E-state index contributed by atoms with van der Waals surface area (Å²) in [7, 11) is 0. The van der Waals surface area contributed by atoms with Crippen LogP contribution in [0.2, 0.25) is 0 Å². The van der Waals surface area contributed by atoms with Crippen LogP contribution >= 0.6 is 0 Å². The second-order valence-electron chi connectivity index (χ2n) is 5.68. The molecule has 0 saturated heterocycles. The van der Waals surface area contributed by atoms with E-state index in [2.05, 4.69) is 0 Å². The van der Waals surface area contributed by atoms with Gasteiger partial charge in [0.25, 0.3) is 0 Å². The predicted octanol–water partition coefficient (Wildman–Crippen LogP) is 4.79. The molecule has 10 heteroatoms. The minimum atomic E-state index is -4.76. The Morgan fingerprint density at radius 2 is 1.35 bits per heavy atom. The highest BCUT2D eigenvalue weighted by molar-refractivity contribution is 5.71. The molecule has 0 aromatic heterocycles. The smallest absolute Gasteiger partial charge is 0.392 e. The summed E-state index contributed by atoms with van der Waals surface area (Å²) in [4.78, 5) is 11.4. The van der Waals surface area contributed by atoms with Crippen LogP contribution in [-0.4, -0.2) is 44.7 Å². The molecule has 1 atom stereocenters. The van der Waals surface area contributed by atoms with Crippen LogP contribution < -0.4 is 0 Å². The lowest BCUT2D eigenvalue weighted by atomic mass is 10.1. The summed E-state index contributed by atoms with van der Waals surface area (Å²) in [5, 5.41) is 0. The van der Waals surface area contributed by atoms with Crippen molar-refractivity contribution in [3.8, 4) is 0 Å². The van der Waals surface area contributed by atoms with Gasteiger partial charge in [-0.3, -0.25) is 4.79 Å². The number of hydrogen-bond donors (Lipinski definition) is 0. The van der Waals surface area contributed by atoms with E-state index in [1.165, 1.54) is 0 Å². The van der Waals surface area contributed by atoms with Crippen LogP contribution in [-0.2, 0) is 19.0 Å². The van der Waals surface area contributed by atoms with Crippen LogP contribution in [0, 0.1) is 5.92 Å². The van der Waals surface area contributed by atoms with Gasteiger partial charge in [0.2, 0.25) is 0 Å². The Morgan fingerprint density at radius 3 is 1.77 bits per heavy atom. The molecule has 0 amide bonds. The molecular weight excluding hydrogens is 370 g/mol. The lowest BCUT2D eigenvalue weighted by Crippen LogP contribution is -2.18. The molecule has 0 aromatic carbocycles. The molecule has 0 aliphatic heterocycles.